The lowest BCUT2D eigenvalue weighted by Gasteiger charge is -2.34. The number of ether oxygens (including phenoxy) is 1. The van der Waals surface area contributed by atoms with Crippen LogP contribution in [0.1, 0.15) is 55.1 Å². The number of likely N-dealkylation sites (tertiary alicyclic amines) is 1. The number of halogens is 2. The lowest BCUT2D eigenvalue weighted by molar-refractivity contribution is 0.255. The molecule has 2 aromatic carbocycles. The second kappa shape index (κ2) is 10.5. The van der Waals surface area contributed by atoms with Gasteiger partial charge in [0.25, 0.3) is 0 Å². The van der Waals surface area contributed by atoms with Crippen LogP contribution >= 0.6 is 0 Å². The standard InChI is InChI=1S/C30H32F2N4O/c1-5-21-14-20(6-7-24(21)22-8-10-35(4)11-9-22)15-28-33-18-26(32)29(34-28)23-16-25(31)30-27(17-23)36(19(2)3)12-13-37-30/h1,6-7,14,16-19,22H,8-13,15H2,2-4H3. The Bertz CT molecular complexity index is 1340. The molecule has 0 amide bonds. The number of hydrogen-bond donors (Lipinski definition) is 0. The molecule has 7 heteroatoms. The zero-order chi connectivity index (χ0) is 26.1. The van der Waals surface area contributed by atoms with Gasteiger partial charge in [-0.2, -0.15) is 0 Å². The molecule has 192 valence electrons. The number of aromatic nitrogens is 2. The van der Waals surface area contributed by atoms with Gasteiger partial charge in [-0.25, -0.2) is 18.7 Å². The number of benzene rings is 2. The summed E-state index contributed by atoms with van der Waals surface area (Å²) in [6.07, 6.45) is 9.60. The number of fused-ring (bicyclic) bond motifs is 1. The molecular weight excluding hydrogens is 470 g/mol. The lowest BCUT2D eigenvalue weighted by Crippen LogP contribution is -2.38. The number of piperidine rings is 1. The molecule has 1 fully saturated rings. The Labute approximate surface area is 217 Å². The first-order valence-electron chi connectivity index (χ1n) is 12.9. The van der Waals surface area contributed by atoms with E-state index in [2.05, 4.69) is 44.9 Å². The van der Waals surface area contributed by atoms with E-state index < -0.39 is 11.6 Å². The molecule has 0 spiro atoms. The Kier molecular flexibility index (Phi) is 7.12. The van der Waals surface area contributed by atoms with E-state index in [9.17, 15) is 8.78 Å². The summed E-state index contributed by atoms with van der Waals surface area (Å²) in [5.74, 6) is 2.83. The molecule has 5 nitrogen and oxygen atoms in total. The second-order valence-corrected chi connectivity index (χ2v) is 10.2. The highest BCUT2D eigenvalue weighted by molar-refractivity contribution is 5.72. The van der Waals surface area contributed by atoms with Gasteiger partial charge >= 0.3 is 0 Å². The van der Waals surface area contributed by atoms with Gasteiger partial charge in [-0.3, -0.25) is 0 Å². The largest absolute Gasteiger partial charge is 0.486 e. The zero-order valence-electron chi connectivity index (χ0n) is 21.6. The summed E-state index contributed by atoms with van der Waals surface area (Å²) >= 11 is 0. The fourth-order valence-electron chi connectivity index (χ4n) is 5.36. The number of hydrogen-bond acceptors (Lipinski definition) is 5. The van der Waals surface area contributed by atoms with E-state index in [0.29, 0.717) is 42.6 Å². The summed E-state index contributed by atoms with van der Waals surface area (Å²) in [4.78, 5) is 13.1. The van der Waals surface area contributed by atoms with Gasteiger partial charge in [0, 0.05) is 23.6 Å². The van der Waals surface area contributed by atoms with Crippen molar-refractivity contribution in [3.63, 3.8) is 0 Å². The molecule has 3 aromatic rings. The van der Waals surface area contributed by atoms with Gasteiger partial charge in [0.1, 0.15) is 18.1 Å². The van der Waals surface area contributed by atoms with E-state index in [4.69, 9.17) is 11.2 Å². The topological polar surface area (TPSA) is 41.5 Å². The lowest BCUT2D eigenvalue weighted by atomic mass is 9.86. The molecule has 1 saturated heterocycles. The summed E-state index contributed by atoms with van der Waals surface area (Å²) in [6.45, 7) is 7.23. The van der Waals surface area contributed by atoms with Gasteiger partial charge in [-0.05, 0) is 82.1 Å². The molecule has 0 N–H and O–H groups in total. The predicted molar refractivity (Wildman–Crippen MR) is 142 cm³/mol. The van der Waals surface area contributed by atoms with Crippen molar-refractivity contribution >= 4 is 5.69 Å². The van der Waals surface area contributed by atoms with Gasteiger partial charge < -0.3 is 14.5 Å². The average Bonchev–Trinajstić information content (AvgIpc) is 2.90. The molecule has 3 heterocycles. The highest BCUT2D eigenvalue weighted by atomic mass is 19.1. The van der Waals surface area contributed by atoms with Crippen LogP contribution in [0.3, 0.4) is 0 Å². The van der Waals surface area contributed by atoms with E-state index in [0.717, 1.165) is 43.3 Å². The summed E-state index contributed by atoms with van der Waals surface area (Å²) in [7, 11) is 2.14. The van der Waals surface area contributed by atoms with Crippen LogP contribution in [0.15, 0.2) is 36.5 Å². The van der Waals surface area contributed by atoms with Crippen molar-refractivity contribution in [1.82, 2.24) is 14.9 Å². The third-order valence-electron chi connectivity index (χ3n) is 7.40. The Morgan fingerprint density at radius 3 is 2.62 bits per heavy atom. The smallest absolute Gasteiger partial charge is 0.178 e. The SMILES string of the molecule is C#Cc1cc(Cc2ncc(F)c(-c3cc(F)c4c(c3)N(C(C)C)CCO4)n2)ccc1C1CCN(C)CC1. The fraction of sp³-hybridized carbons (Fsp3) is 0.400. The molecule has 0 saturated carbocycles. The molecule has 0 radical (unpaired) electrons. The van der Waals surface area contributed by atoms with Crippen molar-refractivity contribution in [2.75, 3.05) is 38.2 Å². The minimum atomic E-state index is -0.599. The molecule has 0 atom stereocenters. The van der Waals surface area contributed by atoms with Crippen molar-refractivity contribution in [3.05, 3.63) is 70.7 Å². The van der Waals surface area contributed by atoms with Crippen LogP contribution < -0.4 is 9.64 Å². The van der Waals surface area contributed by atoms with Crippen LogP contribution in [-0.4, -0.2) is 54.2 Å². The first-order valence-corrected chi connectivity index (χ1v) is 12.9. The first-order chi connectivity index (χ1) is 17.8. The Balaban J connectivity index is 1.44. The number of terminal acetylenes is 1. The van der Waals surface area contributed by atoms with Crippen molar-refractivity contribution in [2.45, 2.75) is 45.1 Å². The number of rotatable bonds is 5. The van der Waals surface area contributed by atoms with Crippen molar-refractivity contribution in [1.29, 1.82) is 0 Å². The molecule has 1 aromatic heterocycles. The van der Waals surface area contributed by atoms with Gasteiger partial charge in [0.2, 0.25) is 0 Å². The molecule has 37 heavy (non-hydrogen) atoms. The van der Waals surface area contributed by atoms with Crippen LogP contribution in [0.25, 0.3) is 11.3 Å². The quantitative estimate of drug-likeness (QED) is 0.437. The number of nitrogens with zero attached hydrogens (tertiary/aromatic N) is 4. The van der Waals surface area contributed by atoms with Crippen molar-refractivity contribution in [3.8, 4) is 29.4 Å². The van der Waals surface area contributed by atoms with E-state index in [-0.39, 0.29) is 17.5 Å². The second-order valence-electron chi connectivity index (χ2n) is 10.2. The van der Waals surface area contributed by atoms with Gasteiger partial charge in [-0.15, -0.1) is 6.42 Å². The van der Waals surface area contributed by atoms with Gasteiger partial charge in [-0.1, -0.05) is 18.1 Å². The molecule has 2 aliphatic rings. The first kappa shape index (κ1) is 25.2. The molecule has 0 unspecified atom stereocenters. The maximum Gasteiger partial charge on any atom is 0.178 e. The Hall–Kier alpha value is -3.50. The summed E-state index contributed by atoms with van der Waals surface area (Å²) < 4.78 is 35.5. The molecule has 5 rings (SSSR count). The Morgan fingerprint density at radius 1 is 1.11 bits per heavy atom. The van der Waals surface area contributed by atoms with Crippen LogP contribution in [0.2, 0.25) is 0 Å². The minimum absolute atomic E-state index is 0.0705. The highest BCUT2D eigenvalue weighted by Gasteiger charge is 2.26. The summed E-state index contributed by atoms with van der Waals surface area (Å²) in [5, 5.41) is 0. The van der Waals surface area contributed by atoms with E-state index in [1.165, 1.54) is 11.6 Å². The maximum absolute atomic E-state index is 15.0. The predicted octanol–water partition coefficient (Wildman–Crippen LogP) is 5.41. The Morgan fingerprint density at radius 2 is 1.89 bits per heavy atom. The molecular formula is C30H32F2N4O. The maximum atomic E-state index is 15.0. The average molecular weight is 503 g/mol. The minimum Gasteiger partial charge on any atom is -0.486 e. The third-order valence-corrected chi connectivity index (χ3v) is 7.40. The van der Waals surface area contributed by atoms with Crippen LogP contribution in [0.4, 0.5) is 14.5 Å². The zero-order valence-corrected chi connectivity index (χ0v) is 21.6. The van der Waals surface area contributed by atoms with Gasteiger partial charge in [0.15, 0.2) is 17.4 Å². The van der Waals surface area contributed by atoms with E-state index >= 15 is 0 Å². The van der Waals surface area contributed by atoms with E-state index in [1.54, 1.807) is 6.07 Å². The van der Waals surface area contributed by atoms with Crippen LogP contribution in [0.5, 0.6) is 5.75 Å². The molecule has 0 bridgehead atoms. The summed E-state index contributed by atoms with van der Waals surface area (Å²) in [6, 6.07) is 9.36. The van der Waals surface area contributed by atoms with Crippen molar-refractivity contribution < 1.29 is 13.5 Å². The van der Waals surface area contributed by atoms with Crippen LogP contribution in [0, 0.1) is 24.0 Å². The van der Waals surface area contributed by atoms with Gasteiger partial charge in [0.05, 0.1) is 18.4 Å². The monoisotopic (exact) mass is 502 g/mol. The third kappa shape index (κ3) is 5.17. The van der Waals surface area contributed by atoms with Crippen LogP contribution in [-0.2, 0) is 6.42 Å². The fourth-order valence-corrected chi connectivity index (χ4v) is 5.36. The summed E-state index contributed by atoms with van der Waals surface area (Å²) in [5.41, 5.74) is 4.09. The normalized spacial score (nSPS) is 16.4. The molecule has 2 aliphatic heterocycles. The van der Waals surface area contributed by atoms with E-state index in [1.807, 2.05) is 19.9 Å². The molecule has 0 aliphatic carbocycles. The number of anilines is 1. The van der Waals surface area contributed by atoms with Crippen molar-refractivity contribution in [2.24, 2.45) is 0 Å². The highest BCUT2D eigenvalue weighted by Crippen LogP contribution is 2.39.